The van der Waals surface area contributed by atoms with Gasteiger partial charge in [0.2, 0.25) is 23.6 Å². The number of aromatic hydroxyl groups is 1. The molecular weight excluding hydrogens is 467 g/mol. The van der Waals surface area contributed by atoms with Crippen molar-refractivity contribution in [3.63, 3.8) is 0 Å². The van der Waals surface area contributed by atoms with Crippen molar-refractivity contribution in [1.29, 1.82) is 0 Å². The highest BCUT2D eigenvalue weighted by Crippen LogP contribution is 2.20. The predicted molar refractivity (Wildman–Crippen MR) is 130 cm³/mol. The highest BCUT2D eigenvalue weighted by Gasteiger charge is 2.37. The maximum absolute atomic E-state index is 13.5. The number of phenolic OH excluding ortho intramolecular Hbond substituents is 1. The van der Waals surface area contributed by atoms with Crippen LogP contribution in [0, 0.1) is 5.82 Å². The minimum atomic E-state index is -0.985. The van der Waals surface area contributed by atoms with Gasteiger partial charge in [-0.05, 0) is 54.7 Å². The third kappa shape index (κ3) is 7.79. The van der Waals surface area contributed by atoms with Crippen LogP contribution in [0.3, 0.4) is 0 Å². The first-order chi connectivity index (χ1) is 17.2. The molecular formula is C26H31FN4O5. The molecule has 0 unspecified atom stereocenters. The molecule has 0 bridgehead atoms. The smallest absolute Gasteiger partial charge is 0.246 e. The van der Waals surface area contributed by atoms with Crippen LogP contribution in [0.2, 0.25) is 0 Å². The minimum absolute atomic E-state index is 0.104. The molecule has 192 valence electrons. The molecule has 10 heteroatoms. The zero-order valence-electron chi connectivity index (χ0n) is 19.9. The van der Waals surface area contributed by atoms with Gasteiger partial charge in [0, 0.05) is 32.4 Å². The monoisotopic (exact) mass is 498 g/mol. The van der Waals surface area contributed by atoms with Crippen LogP contribution in [0.4, 0.5) is 4.39 Å². The number of nitrogens with two attached hydrogens (primary N) is 1. The number of nitrogens with one attached hydrogen (secondary N) is 2. The Morgan fingerprint density at radius 3 is 2.36 bits per heavy atom. The number of primary amides is 1. The van der Waals surface area contributed by atoms with E-state index in [2.05, 4.69) is 10.6 Å². The third-order valence-corrected chi connectivity index (χ3v) is 6.07. The predicted octanol–water partition coefficient (Wildman–Crippen LogP) is 1.17. The van der Waals surface area contributed by atoms with Crippen molar-refractivity contribution in [2.45, 2.75) is 50.6 Å². The van der Waals surface area contributed by atoms with Crippen LogP contribution in [0.1, 0.15) is 36.8 Å². The van der Waals surface area contributed by atoms with Gasteiger partial charge in [-0.25, -0.2) is 4.39 Å². The fourth-order valence-corrected chi connectivity index (χ4v) is 4.17. The summed E-state index contributed by atoms with van der Waals surface area (Å²) < 4.78 is 13.3. The van der Waals surface area contributed by atoms with Gasteiger partial charge in [-0.3, -0.25) is 19.2 Å². The van der Waals surface area contributed by atoms with Gasteiger partial charge in [-0.2, -0.15) is 0 Å². The Labute approximate surface area is 208 Å². The summed E-state index contributed by atoms with van der Waals surface area (Å²) >= 11 is 0. The van der Waals surface area contributed by atoms with Crippen molar-refractivity contribution in [3.8, 4) is 5.75 Å². The van der Waals surface area contributed by atoms with E-state index in [0.717, 1.165) is 5.56 Å². The number of likely N-dealkylation sites (tertiary alicyclic amines) is 1. The molecule has 0 aliphatic carbocycles. The van der Waals surface area contributed by atoms with Gasteiger partial charge in [-0.1, -0.05) is 24.3 Å². The molecule has 9 nitrogen and oxygen atoms in total. The molecule has 0 saturated carbocycles. The second-order valence-corrected chi connectivity index (χ2v) is 8.81. The number of amides is 4. The lowest BCUT2D eigenvalue weighted by Crippen LogP contribution is -2.54. The average Bonchev–Trinajstić information content (AvgIpc) is 3.34. The number of hydrogen-bond donors (Lipinski definition) is 4. The molecule has 0 radical (unpaired) electrons. The summed E-state index contributed by atoms with van der Waals surface area (Å²) in [6, 6.07) is 10.6. The molecule has 0 aromatic heterocycles. The Kier molecular flexibility index (Phi) is 9.38. The van der Waals surface area contributed by atoms with Crippen LogP contribution in [-0.2, 0) is 32.0 Å². The Hall–Kier alpha value is -3.95. The molecule has 36 heavy (non-hydrogen) atoms. The molecule has 1 fully saturated rings. The summed E-state index contributed by atoms with van der Waals surface area (Å²) in [5.74, 6) is -2.09. The molecule has 1 aliphatic rings. The van der Waals surface area contributed by atoms with E-state index in [1.165, 1.54) is 29.2 Å². The Bertz CT molecular complexity index is 1070. The van der Waals surface area contributed by atoms with E-state index in [0.29, 0.717) is 37.9 Å². The number of carbonyl (C=O) groups excluding carboxylic acids is 4. The zero-order valence-corrected chi connectivity index (χ0v) is 19.9. The minimum Gasteiger partial charge on any atom is -0.508 e. The Morgan fingerprint density at radius 1 is 1.03 bits per heavy atom. The van der Waals surface area contributed by atoms with Crippen molar-refractivity contribution in [3.05, 3.63) is 65.5 Å². The van der Waals surface area contributed by atoms with Crippen LogP contribution in [0.5, 0.6) is 5.75 Å². The van der Waals surface area contributed by atoms with Gasteiger partial charge >= 0.3 is 0 Å². The van der Waals surface area contributed by atoms with Gasteiger partial charge in [0.1, 0.15) is 23.7 Å². The molecule has 1 saturated heterocycles. The van der Waals surface area contributed by atoms with Crippen LogP contribution >= 0.6 is 0 Å². The SMILES string of the molecule is NC(=O)CCC(=O)N[C@@H](Cc1ccc(F)cc1)C(=O)N1CCC[C@H]1C(=O)NCCc1ccc(O)cc1. The number of carbonyl (C=O) groups is 4. The lowest BCUT2D eigenvalue weighted by Gasteiger charge is -2.29. The van der Waals surface area contributed by atoms with E-state index < -0.39 is 35.6 Å². The number of nitrogens with zero attached hydrogens (tertiary/aromatic N) is 1. The number of rotatable bonds is 11. The van der Waals surface area contributed by atoms with E-state index in [4.69, 9.17) is 5.73 Å². The second-order valence-electron chi connectivity index (χ2n) is 8.81. The van der Waals surface area contributed by atoms with Crippen molar-refractivity contribution >= 4 is 23.6 Å². The van der Waals surface area contributed by atoms with E-state index in [-0.39, 0.29) is 30.9 Å². The molecule has 2 atom stereocenters. The molecule has 1 heterocycles. The van der Waals surface area contributed by atoms with Crippen LogP contribution in [0.15, 0.2) is 48.5 Å². The van der Waals surface area contributed by atoms with E-state index in [9.17, 15) is 28.7 Å². The first kappa shape index (κ1) is 26.7. The summed E-state index contributed by atoms with van der Waals surface area (Å²) in [7, 11) is 0. The topological polar surface area (TPSA) is 142 Å². The van der Waals surface area contributed by atoms with Crippen LogP contribution in [0.25, 0.3) is 0 Å². The van der Waals surface area contributed by atoms with Gasteiger partial charge in [0.05, 0.1) is 0 Å². The van der Waals surface area contributed by atoms with E-state index in [1.54, 1.807) is 24.3 Å². The maximum atomic E-state index is 13.5. The van der Waals surface area contributed by atoms with E-state index in [1.807, 2.05) is 0 Å². The number of halogens is 1. The summed E-state index contributed by atoms with van der Waals surface area (Å²) in [6.45, 7) is 0.733. The molecule has 4 amide bonds. The zero-order chi connectivity index (χ0) is 26.1. The fraction of sp³-hybridized carbons (Fsp3) is 0.385. The molecule has 3 rings (SSSR count). The first-order valence-electron chi connectivity index (χ1n) is 11.9. The lowest BCUT2D eigenvalue weighted by atomic mass is 10.0. The van der Waals surface area contributed by atoms with Crippen LogP contribution in [-0.4, -0.2) is 58.8 Å². The number of hydrogen-bond acceptors (Lipinski definition) is 5. The molecule has 2 aromatic carbocycles. The van der Waals surface area contributed by atoms with Crippen molar-refractivity contribution in [1.82, 2.24) is 15.5 Å². The molecule has 2 aromatic rings. The maximum Gasteiger partial charge on any atom is 0.246 e. The first-order valence-corrected chi connectivity index (χ1v) is 11.9. The molecule has 5 N–H and O–H groups in total. The van der Waals surface area contributed by atoms with Crippen molar-refractivity contribution < 1.29 is 28.7 Å². The highest BCUT2D eigenvalue weighted by molar-refractivity contribution is 5.93. The van der Waals surface area contributed by atoms with Gasteiger partial charge in [-0.15, -0.1) is 0 Å². The fourth-order valence-electron chi connectivity index (χ4n) is 4.17. The normalized spacial score (nSPS) is 15.8. The van der Waals surface area contributed by atoms with E-state index >= 15 is 0 Å². The van der Waals surface area contributed by atoms with Gasteiger partial charge in [0.15, 0.2) is 0 Å². The molecule has 1 aliphatic heterocycles. The van der Waals surface area contributed by atoms with Crippen molar-refractivity contribution in [2.24, 2.45) is 5.73 Å². The Balaban J connectivity index is 1.65. The summed E-state index contributed by atoms with van der Waals surface area (Å²) in [6.07, 6.45) is 1.49. The third-order valence-electron chi connectivity index (χ3n) is 6.07. The quantitative estimate of drug-likeness (QED) is 0.368. The summed E-state index contributed by atoms with van der Waals surface area (Å²) in [5, 5.41) is 14.9. The average molecular weight is 499 g/mol. The second kappa shape index (κ2) is 12.7. The lowest BCUT2D eigenvalue weighted by molar-refractivity contribution is -0.141. The van der Waals surface area contributed by atoms with Gasteiger partial charge < -0.3 is 26.4 Å². The number of phenols is 1. The largest absolute Gasteiger partial charge is 0.508 e. The highest BCUT2D eigenvalue weighted by atomic mass is 19.1. The van der Waals surface area contributed by atoms with Crippen molar-refractivity contribution in [2.75, 3.05) is 13.1 Å². The number of benzene rings is 2. The standard InChI is InChI=1S/C26H31FN4O5/c27-19-7-3-18(4-8-19)16-21(30-24(34)12-11-23(28)33)26(36)31-15-1-2-22(31)25(35)29-14-13-17-5-9-20(32)10-6-17/h3-10,21-22,32H,1-2,11-16H2,(H2,28,33)(H,29,35)(H,30,34)/t21-,22-/m0/s1. The molecule has 0 spiro atoms. The summed E-state index contributed by atoms with van der Waals surface area (Å²) in [5.41, 5.74) is 6.71. The summed E-state index contributed by atoms with van der Waals surface area (Å²) in [4.78, 5) is 51.3. The van der Waals surface area contributed by atoms with Crippen LogP contribution < -0.4 is 16.4 Å². The van der Waals surface area contributed by atoms with Gasteiger partial charge in [0.25, 0.3) is 0 Å². The Morgan fingerprint density at radius 2 is 1.69 bits per heavy atom.